The molecule has 1 amide bonds. The highest BCUT2D eigenvalue weighted by molar-refractivity contribution is 5.93. The Labute approximate surface area is 100.0 Å². The van der Waals surface area contributed by atoms with Crippen molar-refractivity contribution in [2.45, 2.75) is 12.8 Å². The third kappa shape index (κ3) is 2.30. The van der Waals surface area contributed by atoms with Crippen molar-refractivity contribution in [2.24, 2.45) is 5.92 Å². The number of ether oxygens (including phenoxy) is 1. The Kier molecular flexibility index (Phi) is 3.42. The lowest BCUT2D eigenvalue weighted by atomic mass is 9.88. The normalized spacial score (nSPS) is 23.2. The van der Waals surface area contributed by atoms with Crippen molar-refractivity contribution in [3.8, 4) is 0 Å². The topological polar surface area (TPSA) is 55.4 Å². The maximum Gasteiger partial charge on any atom is 0.311 e. The highest BCUT2D eigenvalue weighted by atomic mass is 16.5. The SMILES string of the molecule is CCOC(=O)[C@H]1CNC(=O)[C@@H]1c1ccccc1. The van der Waals surface area contributed by atoms with E-state index in [1.54, 1.807) is 6.92 Å². The molecule has 17 heavy (non-hydrogen) atoms. The molecule has 0 spiro atoms. The van der Waals surface area contributed by atoms with E-state index in [4.69, 9.17) is 4.74 Å². The zero-order chi connectivity index (χ0) is 12.3. The van der Waals surface area contributed by atoms with Gasteiger partial charge in [-0.25, -0.2) is 0 Å². The number of hydrogen-bond acceptors (Lipinski definition) is 3. The Morgan fingerprint density at radius 3 is 2.76 bits per heavy atom. The summed E-state index contributed by atoms with van der Waals surface area (Å²) in [5.41, 5.74) is 0.862. The molecule has 4 nitrogen and oxygen atoms in total. The lowest BCUT2D eigenvalue weighted by molar-refractivity contribution is -0.148. The number of rotatable bonds is 3. The van der Waals surface area contributed by atoms with Crippen LogP contribution in [-0.4, -0.2) is 25.0 Å². The molecule has 0 radical (unpaired) electrons. The van der Waals surface area contributed by atoms with Gasteiger partial charge in [-0.1, -0.05) is 30.3 Å². The van der Waals surface area contributed by atoms with Crippen LogP contribution in [0.3, 0.4) is 0 Å². The van der Waals surface area contributed by atoms with E-state index >= 15 is 0 Å². The van der Waals surface area contributed by atoms with Gasteiger partial charge in [0.05, 0.1) is 18.4 Å². The number of nitrogens with one attached hydrogen (secondary N) is 1. The summed E-state index contributed by atoms with van der Waals surface area (Å²) >= 11 is 0. The van der Waals surface area contributed by atoms with Gasteiger partial charge >= 0.3 is 5.97 Å². The predicted octanol–water partition coefficient (Wildman–Crippen LogP) is 1.08. The zero-order valence-electron chi connectivity index (χ0n) is 9.68. The third-order valence-corrected chi connectivity index (χ3v) is 2.93. The standard InChI is InChI=1S/C13H15NO3/c1-2-17-13(16)10-8-14-12(15)11(10)9-6-4-3-5-7-9/h3-7,10-11H,2,8H2,1H3,(H,14,15)/t10-,11+/m0/s1. The van der Waals surface area contributed by atoms with Crippen LogP contribution >= 0.6 is 0 Å². The smallest absolute Gasteiger partial charge is 0.311 e. The summed E-state index contributed by atoms with van der Waals surface area (Å²) in [6.45, 7) is 2.46. The van der Waals surface area contributed by atoms with E-state index in [0.29, 0.717) is 13.2 Å². The third-order valence-electron chi connectivity index (χ3n) is 2.93. The number of benzene rings is 1. The second-order valence-electron chi connectivity index (χ2n) is 3.99. The average Bonchev–Trinajstić information content (AvgIpc) is 2.73. The van der Waals surface area contributed by atoms with Crippen LogP contribution in [0.4, 0.5) is 0 Å². The minimum atomic E-state index is -0.421. The molecule has 2 rings (SSSR count). The van der Waals surface area contributed by atoms with E-state index in [2.05, 4.69) is 5.32 Å². The van der Waals surface area contributed by atoms with E-state index in [0.717, 1.165) is 5.56 Å². The summed E-state index contributed by atoms with van der Waals surface area (Å²) in [5.74, 6) is -1.24. The molecule has 1 saturated heterocycles. The van der Waals surface area contributed by atoms with E-state index in [1.165, 1.54) is 0 Å². The Morgan fingerprint density at radius 1 is 1.41 bits per heavy atom. The van der Waals surface area contributed by atoms with Gasteiger partial charge in [0, 0.05) is 6.54 Å². The second kappa shape index (κ2) is 4.99. The maximum absolute atomic E-state index is 11.8. The fourth-order valence-corrected chi connectivity index (χ4v) is 2.13. The number of carbonyl (C=O) groups excluding carboxylic acids is 2. The molecule has 0 saturated carbocycles. The van der Waals surface area contributed by atoms with Gasteiger partial charge in [-0.05, 0) is 12.5 Å². The van der Waals surface area contributed by atoms with E-state index in [1.807, 2.05) is 30.3 Å². The molecule has 1 aliphatic heterocycles. The highest BCUT2D eigenvalue weighted by Crippen LogP contribution is 2.29. The first-order valence-corrected chi connectivity index (χ1v) is 5.73. The molecule has 1 aromatic rings. The number of amides is 1. The van der Waals surface area contributed by atoms with Gasteiger partial charge in [-0.15, -0.1) is 0 Å². The molecule has 0 unspecified atom stereocenters. The van der Waals surface area contributed by atoms with Crippen molar-refractivity contribution in [3.63, 3.8) is 0 Å². The molecule has 1 heterocycles. The molecule has 0 aromatic heterocycles. The first kappa shape index (κ1) is 11.6. The minimum absolute atomic E-state index is 0.103. The number of carbonyl (C=O) groups is 2. The van der Waals surface area contributed by atoms with Crippen LogP contribution in [0.25, 0.3) is 0 Å². The van der Waals surface area contributed by atoms with Crippen molar-refractivity contribution in [2.75, 3.05) is 13.2 Å². The average molecular weight is 233 g/mol. The van der Waals surface area contributed by atoms with Gasteiger partial charge in [0.15, 0.2) is 0 Å². The zero-order valence-corrected chi connectivity index (χ0v) is 9.68. The summed E-state index contributed by atoms with van der Waals surface area (Å²) in [7, 11) is 0. The van der Waals surface area contributed by atoms with Crippen LogP contribution in [0.5, 0.6) is 0 Å². The lowest BCUT2D eigenvalue weighted by Gasteiger charge is -2.15. The summed E-state index contributed by atoms with van der Waals surface area (Å²) in [5, 5.41) is 2.72. The van der Waals surface area contributed by atoms with Gasteiger partial charge in [0.25, 0.3) is 0 Å². The fourth-order valence-electron chi connectivity index (χ4n) is 2.13. The predicted molar refractivity (Wildman–Crippen MR) is 62.3 cm³/mol. The molecule has 1 N–H and O–H groups in total. The van der Waals surface area contributed by atoms with Crippen LogP contribution in [0.1, 0.15) is 18.4 Å². The minimum Gasteiger partial charge on any atom is -0.466 e. The summed E-state index contributed by atoms with van der Waals surface area (Å²) < 4.78 is 4.99. The van der Waals surface area contributed by atoms with Crippen molar-refractivity contribution in [1.29, 1.82) is 0 Å². The van der Waals surface area contributed by atoms with E-state index in [-0.39, 0.29) is 11.9 Å². The number of hydrogen-bond donors (Lipinski definition) is 1. The molecule has 1 fully saturated rings. The Balaban J connectivity index is 2.23. The molecule has 0 aliphatic carbocycles. The van der Waals surface area contributed by atoms with Gasteiger partial charge in [0.1, 0.15) is 0 Å². The van der Waals surface area contributed by atoms with Crippen molar-refractivity contribution in [1.82, 2.24) is 5.32 Å². The maximum atomic E-state index is 11.8. The van der Waals surface area contributed by atoms with Crippen molar-refractivity contribution in [3.05, 3.63) is 35.9 Å². The first-order chi connectivity index (χ1) is 8.24. The van der Waals surface area contributed by atoms with Crippen LogP contribution < -0.4 is 5.32 Å². The summed E-state index contributed by atoms with van der Waals surface area (Å²) in [6, 6.07) is 9.34. The summed E-state index contributed by atoms with van der Waals surface area (Å²) in [6.07, 6.45) is 0. The van der Waals surface area contributed by atoms with Crippen LogP contribution in [0.2, 0.25) is 0 Å². The summed E-state index contributed by atoms with van der Waals surface area (Å²) in [4.78, 5) is 23.5. The van der Waals surface area contributed by atoms with E-state index < -0.39 is 11.8 Å². The van der Waals surface area contributed by atoms with Gasteiger partial charge < -0.3 is 10.1 Å². The Bertz CT molecular complexity index is 416. The molecular formula is C13H15NO3. The Morgan fingerprint density at radius 2 is 2.12 bits per heavy atom. The van der Waals surface area contributed by atoms with Crippen LogP contribution in [-0.2, 0) is 14.3 Å². The monoisotopic (exact) mass is 233 g/mol. The quantitative estimate of drug-likeness (QED) is 0.795. The van der Waals surface area contributed by atoms with Crippen LogP contribution in [0, 0.1) is 5.92 Å². The Hall–Kier alpha value is -1.84. The highest BCUT2D eigenvalue weighted by Gasteiger charge is 2.41. The van der Waals surface area contributed by atoms with Crippen molar-refractivity contribution < 1.29 is 14.3 Å². The molecule has 2 atom stereocenters. The van der Waals surface area contributed by atoms with Gasteiger partial charge in [0.2, 0.25) is 5.91 Å². The van der Waals surface area contributed by atoms with Crippen molar-refractivity contribution >= 4 is 11.9 Å². The fraction of sp³-hybridized carbons (Fsp3) is 0.385. The molecule has 1 aliphatic rings. The molecule has 0 bridgehead atoms. The second-order valence-corrected chi connectivity index (χ2v) is 3.99. The number of esters is 1. The lowest BCUT2D eigenvalue weighted by Crippen LogP contribution is -2.24. The van der Waals surface area contributed by atoms with Gasteiger partial charge in [-0.3, -0.25) is 9.59 Å². The first-order valence-electron chi connectivity index (χ1n) is 5.73. The molecule has 1 aromatic carbocycles. The van der Waals surface area contributed by atoms with Gasteiger partial charge in [-0.2, -0.15) is 0 Å². The molecular weight excluding hydrogens is 218 g/mol. The largest absolute Gasteiger partial charge is 0.466 e. The molecule has 90 valence electrons. The molecule has 4 heteroatoms. The van der Waals surface area contributed by atoms with E-state index in [9.17, 15) is 9.59 Å². The van der Waals surface area contributed by atoms with Crippen LogP contribution in [0.15, 0.2) is 30.3 Å².